The molecule has 21 heavy (non-hydrogen) atoms. The monoisotopic (exact) mass is 286 g/mol. The van der Waals surface area contributed by atoms with Gasteiger partial charge < -0.3 is 9.84 Å². The van der Waals surface area contributed by atoms with Crippen LogP contribution in [0.2, 0.25) is 0 Å². The minimum absolute atomic E-state index is 0.137. The van der Waals surface area contributed by atoms with E-state index in [0.717, 1.165) is 37.7 Å². The number of benzene rings is 1. The Kier molecular flexibility index (Phi) is 5.41. The van der Waals surface area contributed by atoms with Crippen molar-refractivity contribution >= 4 is 5.97 Å². The molecule has 1 aromatic rings. The van der Waals surface area contributed by atoms with Gasteiger partial charge in [-0.1, -0.05) is 49.3 Å². The minimum Gasteiger partial charge on any atom is -0.463 e. The summed E-state index contributed by atoms with van der Waals surface area (Å²) >= 11 is 0. The molecule has 3 heteroatoms. The molecule has 0 radical (unpaired) electrons. The summed E-state index contributed by atoms with van der Waals surface area (Å²) < 4.78 is 5.06. The molecule has 112 valence electrons. The Bertz CT molecular complexity index is 520. The van der Waals surface area contributed by atoms with E-state index in [-0.39, 0.29) is 12.5 Å². The molecule has 0 aliphatic heterocycles. The smallest absolute Gasteiger partial charge is 0.351 e. The van der Waals surface area contributed by atoms with E-state index in [1.807, 2.05) is 30.3 Å². The van der Waals surface area contributed by atoms with Gasteiger partial charge >= 0.3 is 5.97 Å². The van der Waals surface area contributed by atoms with Crippen LogP contribution >= 0.6 is 0 Å². The van der Waals surface area contributed by atoms with Gasteiger partial charge in [0.05, 0.1) is 6.61 Å². The number of carbonyl (C=O) groups is 1. The van der Waals surface area contributed by atoms with Crippen LogP contribution in [0, 0.1) is 17.8 Å². The molecule has 0 saturated heterocycles. The lowest BCUT2D eigenvalue weighted by molar-refractivity contribution is -0.164. The van der Waals surface area contributed by atoms with Crippen LogP contribution < -0.4 is 0 Å². The second-order valence-electron chi connectivity index (χ2n) is 5.44. The number of rotatable bonds is 3. The number of ether oxygens (including phenoxy) is 1. The standard InChI is InChI=1S/C18H22O3/c1-2-21-17(19)18(20,16-11-7-4-8-12-16)14-13-15-9-5-3-6-10-15/h3,5-6,9-10,16,20H,2,4,7-8,11-12H2,1H3. The van der Waals surface area contributed by atoms with Gasteiger partial charge in [-0.15, -0.1) is 0 Å². The number of carbonyl (C=O) groups excluding carboxylic acids is 1. The summed E-state index contributed by atoms with van der Waals surface area (Å²) in [5, 5.41) is 10.8. The Morgan fingerprint density at radius 1 is 1.29 bits per heavy atom. The summed E-state index contributed by atoms with van der Waals surface area (Å²) in [6.07, 6.45) is 4.85. The predicted molar refractivity (Wildman–Crippen MR) is 81.5 cm³/mol. The fourth-order valence-corrected chi connectivity index (χ4v) is 2.77. The number of hydrogen-bond donors (Lipinski definition) is 1. The second kappa shape index (κ2) is 7.28. The van der Waals surface area contributed by atoms with E-state index in [9.17, 15) is 9.90 Å². The van der Waals surface area contributed by atoms with Crippen molar-refractivity contribution in [1.29, 1.82) is 0 Å². The maximum Gasteiger partial charge on any atom is 0.351 e. The van der Waals surface area contributed by atoms with Gasteiger partial charge in [-0.2, -0.15) is 0 Å². The van der Waals surface area contributed by atoms with Gasteiger partial charge in [-0.3, -0.25) is 0 Å². The number of aliphatic hydroxyl groups is 1. The summed E-state index contributed by atoms with van der Waals surface area (Å²) in [4.78, 5) is 12.2. The van der Waals surface area contributed by atoms with E-state index in [4.69, 9.17) is 4.74 Å². The third-order valence-corrected chi connectivity index (χ3v) is 3.95. The molecular formula is C18H22O3. The first-order chi connectivity index (χ1) is 10.2. The maximum atomic E-state index is 12.2. The van der Waals surface area contributed by atoms with Crippen molar-refractivity contribution in [3.63, 3.8) is 0 Å². The van der Waals surface area contributed by atoms with Gasteiger partial charge in [0.1, 0.15) is 0 Å². The fraction of sp³-hybridized carbons (Fsp3) is 0.500. The molecule has 1 aliphatic carbocycles. The van der Waals surface area contributed by atoms with Gasteiger partial charge in [0.15, 0.2) is 0 Å². The topological polar surface area (TPSA) is 46.5 Å². The van der Waals surface area contributed by atoms with Crippen LogP contribution in [0.15, 0.2) is 30.3 Å². The second-order valence-corrected chi connectivity index (χ2v) is 5.44. The van der Waals surface area contributed by atoms with E-state index >= 15 is 0 Å². The molecular weight excluding hydrogens is 264 g/mol. The van der Waals surface area contributed by atoms with Crippen LogP contribution in [0.25, 0.3) is 0 Å². The van der Waals surface area contributed by atoms with Crippen LogP contribution in [-0.2, 0) is 9.53 Å². The summed E-state index contributed by atoms with van der Waals surface area (Å²) in [5.41, 5.74) is -0.900. The van der Waals surface area contributed by atoms with Crippen LogP contribution in [0.5, 0.6) is 0 Å². The van der Waals surface area contributed by atoms with Gasteiger partial charge in [-0.05, 0) is 31.9 Å². The fourth-order valence-electron chi connectivity index (χ4n) is 2.77. The van der Waals surface area contributed by atoms with Crippen molar-refractivity contribution in [2.24, 2.45) is 5.92 Å². The number of esters is 1. The van der Waals surface area contributed by atoms with E-state index in [1.54, 1.807) is 6.92 Å². The molecule has 0 heterocycles. The first-order valence-corrected chi connectivity index (χ1v) is 7.64. The van der Waals surface area contributed by atoms with Crippen molar-refractivity contribution in [3.8, 4) is 11.8 Å². The summed E-state index contributed by atoms with van der Waals surface area (Å²) in [6.45, 7) is 1.99. The molecule has 1 N–H and O–H groups in total. The Morgan fingerprint density at radius 3 is 2.57 bits per heavy atom. The summed E-state index contributed by atoms with van der Waals surface area (Å²) in [7, 11) is 0. The Balaban J connectivity index is 2.27. The SMILES string of the molecule is CCOC(=O)C(O)(C#Cc1ccccc1)C1CCCCC1. The molecule has 1 atom stereocenters. The first-order valence-electron chi connectivity index (χ1n) is 7.64. The van der Waals surface area contributed by atoms with Gasteiger partial charge in [0.25, 0.3) is 0 Å². The molecule has 0 spiro atoms. The molecule has 1 aromatic carbocycles. The third kappa shape index (κ3) is 3.86. The van der Waals surface area contributed by atoms with Crippen molar-refractivity contribution in [1.82, 2.24) is 0 Å². The van der Waals surface area contributed by atoms with Crippen LogP contribution in [0.1, 0.15) is 44.6 Å². The zero-order chi connectivity index (χ0) is 15.1. The van der Waals surface area contributed by atoms with E-state index in [1.165, 1.54) is 0 Å². The minimum atomic E-state index is -1.69. The van der Waals surface area contributed by atoms with Crippen molar-refractivity contribution < 1.29 is 14.6 Å². The average Bonchev–Trinajstić information content (AvgIpc) is 2.54. The Morgan fingerprint density at radius 2 is 1.95 bits per heavy atom. The van der Waals surface area contributed by atoms with Gasteiger partial charge in [0.2, 0.25) is 5.60 Å². The quantitative estimate of drug-likeness (QED) is 0.686. The van der Waals surface area contributed by atoms with Gasteiger partial charge in [0, 0.05) is 11.5 Å². The van der Waals surface area contributed by atoms with E-state index in [2.05, 4.69) is 11.8 Å². The molecule has 0 aromatic heterocycles. The Hall–Kier alpha value is -1.79. The molecule has 0 bridgehead atoms. The molecule has 1 aliphatic rings. The first kappa shape index (κ1) is 15.6. The van der Waals surface area contributed by atoms with Crippen molar-refractivity contribution in [3.05, 3.63) is 35.9 Å². The normalized spacial score (nSPS) is 18.2. The summed E-state index contributed by atoms with van der Waals surface area (Å²) in [6, 6.07) is 9.39. The van der Waals surface area contributed by atoms with Gasteiger partial charge in [-0.25, -0.2) is 4.79 Å². The zero-order valence-electron chi connectivity index (χ0n) is 12.5. The van der Waals surface area contributed by atoms with Crippen LogP contribution in [0.3, 0.4) is 0 Å². The van der Waals surface area contributed by atoms with E-state index < -0.39 is 11.6 Å². The van der Waals surface area contributed by atoms with E-state index in [0.29, 0.717) is 0 Å². The molecule has 0 amide bonds. The summed E-state index contributed by atoms with van der Waals surface area (Å²) in [5.74, 6) is 4.97. The predicted octanol–water partition coefficient (Wildman–Crippen LogP) is 2.91. The molecule has 1 unspecified atom stereocenters. The zero-order valence-corrected chi connectivity index (χ0v) is 12.5. The lowest BCUT2D eigenvalue weighted by Crippen LogP contribution is -2.46. The molecule has 1 saturated carbocycles. The molecule has 3 nitrogen and oxygen atoms in total. The highest BCUT2D eigenvalue weighted by atomic mass is 16.5. The third-order valence-electron chi connectivity index (χ3n) is 3.95. The largest absolute Gasteiger partial charge is 0.463 e. The van der Waals surface area contributed by atoms with Crippen LogP contribution in [-0.4, -0.2) is 23.3 Å². The highest BCUT2D eigenvalue weighted by Crippen LogP contribution is 2.33. The average molecular weight is 286 g/mol. The lowest BCUT2D eigenvalue weighted by Gasteiger charge is -2.32. The maximum absolute atomic E-state index is 12.2. The van der Waals surface area contributed by atoms with Crippen LogP contribution in [0.4, 0.5) is 0 Å². The number of hydrogen-bond acceptors (Lipinski definition) is 3. The lowest BCUT2D eigenvalue weighted by atomic mass is 9.77. The Labute approximate surface area is 126 Å². The molecule has 2 rings (SSSR count). The van der Waals surface area contributed by atoms with Crippen molar-refractivity contribution in [2.45, 2.75) is 44.6 Å². The molecule has 1 fully saturated rings. The highest BCUT2D eigenvalue weighted by molar-refractivity contribution is 5.84. The highest BCUT2D eigenvalue weighted by Gasteiger charge is 2.44. The van der Waals surface area contributed by atoms with Crippen molar-refractivity contribution in [2.75, 3.05) is 6.61 Å².